The summed E-state index contributed by atoms with van der Waals surface area (Å²) in [6.07, 6.45) is 0.697. The van der Waals surface area contributed by atoms with Gasteiger partial charge in [-0.25, -0.2) is 0 Å². The van der Waals surface area contributed by atoms with Crippen LogP contribution in [-0.2, 0) is 13.0 Å². The molecule has 5 rings (SSSR count). The number of aryl methyl sites for hydroxylation is 2. The predicted octanol–water partition coefficient (Wildman–Crippen LogP) is 2.66. The summed E-state index contributed by atoms with van der Waals surface area (Å²) in [5.74, 6) is -1.07. The third-order valence-electron chi connectivity index (χ3n) is 4.69. The highest BCUT2D eigenvalue weighted by Gasteiger charge is 2.26. The Bertz CT molecular complexity index is 1240. The van der Waals surface area contributed by atoms with E-state index in [2.05, 4.69) is 10.3 Å². The number of benzene rings is 2. The molecular weight excluding hydrogens is 334 g/mol. The van der Waals surface area contributed by atoms with Crippen LogP contribution < -0.4 is 10.9 Å². The van der Waals surface area contributed by atoms with Crippen molar-refractivity contribution in [2.24, 2.45) is 0 Å². The number of para-hydroxylation sites is 3. The zero-order valence-corrected chi connectivity index (χ0v) is 13.5. The fourth-order valence-corrected chi connectivity index (χ4v) is 3.51. The van der Waals surface area contributed by atoms with E-state index in [1.165, 1.54) is 4.57 Å². The summed E-state index contributed by atoms with van der Waals surface area (Å²) in [5.41, 5.74) is 1.96. The number of fused-ring (bicyclic) bond motifs is 1. The first kappa shape index (κ1) is 14.7. The molecule has 0 saturated heterocycles. The molecule has 4 aromatic rings. The van der Waals surface area contributed by atoms with E-state index in [1.54, 1.807) is 36.4 Å². The van der Waals surface area contributed by atoms with Crippen LogP contribution in [0.2, 0.25) is 0 Å². The smallest absolute Gasteiger partial charge is 0.302 e. The molecule has 2 aromatic carbocycles. The fraction of sp³-hybridized carbons (Fsp3) is 0.105. The van der Waals surface area contributed by atoms with E-state index in [0.29, 0.717) is 35.0 Å². The van der Waals surface area contributed by atoms with Crippen molar-refractivity contribution in [2.75, 3.05) is 5.32 Å². The highest BCUT2D eigenvalue weighted by atomic mass is 16.4. The van der Waals surface area contributed by atoms with E-state index in [4.69, 9.17) is 4.42 Å². The largest absolute Gasteiger partial charge is 0.506 e. The number of carbonyl (C=O) groups excluding carboxylic acids is 1. The van der Waals surface area contributed by atoms with Gasteiger partial charge in [-0.3, -0.25) is 14.9 Å². The van der Waals surface area contributed by atoms with Gasteiger partial charge in [-0.15, -0.1) is 0 Å². The molecule has 0 saturated carbocycles. The van der Waals surface area contributed by atoms with Crippen LogP contribution in [0.1, 0.15) is 15.9 Å². The van der Waals surface area contributed by atoms with E-state index in [0.717, 1.165) is 5.56 Å². The highest BCUT2D eigenvalue weighted by molar-refractivity contribution is 6.09. The molecule has 0 bridgehead atoms. The lowest BCUT2D eigenvalue weighted by Gasteiger charge is -2.10. The van der Waals surface area contributed by atoms with E-state index in [-0.39, 0.29) is 17.3 Å². The Hall–Kier alpha value is -3.61. The van der Waals surface area contributed by atoms with E-state index < -0.39 is 11.5 Å². The summed E-state index contributed by atoms with van der Waals surface area (Å²) >= 11 is 0. The van der Waals surface area contributed by atoms with Gasteiger partial charge in [0.2, 0.25) is 0 Å². The van der Waals surface area contributed by atoms with Gasteiger partial charge in [-0.2, -0.15) is 4.98 Å². The number of oxazole rings is 1. The van der Waals surface area contributed by atoms with Crippen LogP contribution in [0.4, 0.5) is 6.01 Å². The Kier molecular flexibility index (Phi) is 2.94. The maximum absolute atomic E-state index is 12.8. The van der Waals surface area contributed by atoms with Gasteiger partial charge in [0.05, 0.1) is 5.52 Å². The summed E-state index contributed by atoms with van der Waals surface area (Å²) in [6, 6.07) is 12.5. The minimum absolute atomic E-state index is 0.0229. The van der Waals surface area contributed by atoms with Gasteiger partial charge < -0.3 is 14.1 Å². The normalized spacial score (nSPS) is 12.8. The van der Waals surface area contributed by atoms with Gasteiger partial charge in [0, 0.05) is 11.9 Å². The van der Waals surface area contributed by atoms with Gasteiger partial charge in [0.1, 0.15) is 16.8 Å². The highest BCUT2D eigenvalue weighted by Crippen LogP contribution is 2.32. The Labute approximate surface area is 146 Å². The predicted molar refractivity (Wildman–Crippen MR) is 95.5 cm³/mol. The fourth-order valence-electron chi connectivity index (χ4n) is 3.51. The van der Waals surface area contributed by atoms with E-state index >= 15 is 0 Å². The first-order chi connectivity index (χ1) is 12.6. The van der Waals surface area contributed by atoms with Gasteiger partial charge in [-0.05, 0) is 30.2 Å². The maximum Gasteiger partial charge on any atom is 0.302 e. The number of carbonyl (C=O) groups is 1. The second kappa shape index (κ2) is 5.19. The Balaban J connectivity index is 1.63. The van der Waals surface area contributed by atoms with Gasteiger partial charge in [0.25, 0.3) is 11.5 Å². The van der Waals surface area contributed by atoms with Crippen LogP contribution in [0, 0.1) is 0 Å². The summed E-state index contributed by atoms with van der Waals surface area (Å²) in [4.78, 5) is 29.6. The molecule has 0 spiro atoms. The van der Waals surface area contributed by atoms with Crippen molar-refractivity contribution in [3.8, 4) is 5.75 Å². The molecular formula is C19H13N3O4. The molecule has 128 valence electrons. The van der Waals surface area contributed by atoms with Crippen molar-refractivity contribution in [3.05, 3.63) is 63.9 Å². The molecule has 3 heterocycles. The summed E-state index contributed by atoms with van der Waals surface area (Å²) < 4.78 is 6.99. The lowest BCUT2D eigenvalue weighted by molar-refractivity contribution is 0.102. The first-order valence-corrected chi connectivity index (χ1v) is 8.18. The molecule has 0 fully saturated rings. The van der Waals surface area contributed by atoms with Crippen LogP contribution in [0.3, 0.4) is 0 Å². The van der Waals surface area contributed by atoms with Gasteiger partial charge in [-0.1, -0.05) is 24.3 Å². The third kappa shape index (κ3) is 1.97. The summed E-state index contributed by atoms with van der Waals surface area (Å²) in [5, 5.41) is 13.5. The lowest BCUT2D eigenvalue weighted by Crippen LogP contribution is -2.28. The average molecular weight is 347 g/mol. The van der Waals surface area contributed by atoms with Crippen LogP contribution >= 0.6 is 0 Å². The number of rotatable bonds is 2. The molecule has 7 heteroatoms. The molecule has 1 amide bonds. The lowest BCUT2D eigenvalue weighted by atomic mass is 10.1. The Morgan fingerprint density at radius 3 is 2.88 bits per heavy atom. The number of aromatic nitrogens is 2. The number of pyridine rings is 1. The molecule has 2 N–H and O–H groups in total. The van der Waals surface area contributed by atoms with Crippen LogP contribution in [0.15, 0.2) is 51.7 Å². The van der Waals surface area contributed by atoms with Crippen molar-refractivity contribution in [2.45, 2.75) is 13.0 Å². The number of hydrogen-bond donors (Lipinski definition) is 2. The molecule has 0 radical (unpaired) electrons. The van der Waals surface area contributed by atoms with Crippen LogP contribution in [-0.4, -0.2) is 20.6 Å². The first-order valence-electron chi connectivity index (χ1n) is 8.18. The Morgan fingerprint density at radius 2 is 2.04 bits per heavy atom. The standard InChI is InChI=1S/C19H13N3O4/c23-16-11-5-3-4-10-8-9-22(15(10)11)18(25)14(16)17(24)21-19-20-12-6-1-2-7-13(12)26-19/h1-7,23H,8-9H2,(H,20,21,24). The number of hydrogen-bond acceptors (Lipinski definition) is 5. The number of anilines is 1. The van der Waals surface area contributed by atoms with Crippen LogP contribution in [0.5, 0.6) is 5.75 Å². The van der Waals surface area contributed by atoms with Crippen molar-refractivity contribution >= 4 is 33.9 Å². The minimum atomic E-state index is -0.748. The quantitative estimate of drug-likeness (QED) is 0.581. The van der Waals surface area contributed by atoms with Crippen molar-refractivity contribution in [1.82, 2.24) is 9.55 Å². The molecule has 7 nitrogen and oxygen atoms in total. The average Bonchev–Trinajstić information content (AvgIpc) is 3.24. The Morgan fingerprint density at radius 1 is 1.19 bits per heavy atom. The zero-order chi connectivity index (χ0) is 17.8. The molecule has 26 heavy (non-hydrogen) atoms. The molecule has 1 aliphatic heterocycles. The topological polar surface area (TPSA) is 97.4 Å². The molecule has 0 aliphatic carbocycles. The number of amides is 1. The zero-order valence-electron chi connectivity index (χ0n) is 13.5. The van der Waals surface area contributed by atoms with Gasteiger partial charge in [0.15, 0.2) is 5.58 Å². The number of nitrogens with one attached hydrogen (secondary N) is 1. The SMILES string of the molecule is O=C(Nc1nc2ccccc2o1)c1c(O)c2cccc3c2n(c1=O)CC3. The summed E-state index contributed by atoms with van der Waals surface area (Å²) in [7, 11) is 0. The molecule has 2 aromatic heterocycles. The van der Waals surface area contributed by atoms with Crippen molar-refractivity contribution in [1.29, 1.82) is 0 Å². The van der Waals surface area contributed by atoms with Gasteiger partial charge >= 0.3 is 6.01 Å². The summed E-state index contributed by atoms with van der Waals surface area (Å²) in [6.45, 7) is 0.484. The molecule has 0 atom stereocenters. The monoisotopic (exact) mass is 347 g/mol. The maximum atomic E-state index is 12.8. The second-order valence-electron chi connectivity index (χ2n) is 6.18. The number of nitrogens with zero attached hydrogens (tertiary/aromatic N) is 2. The van der Waals surface area contributed by atoms with E-state index in [1.807, 2.05) is 6.07 Å². The van der Waals surface area contributed by atoms with Crippen molar-refractivity contribution in [3.63, 3.8) is 0 Å². The third-order valence-corrected chi connectivity index (χ3v) is 4.69. The minimum Gasteiger partial charge on any atom is -0.506 e. The second-order valence-corrected chi connectivity index (χ2v) is 6.18. The van der Waals surface area contributed by atoms with Crippen molar-refractivity contribution < 1.29 is 14.3 Å². The molecule has 1 aliphatic rings. The van der Waals surface area contributed by atoms with E-state index in [9.17, 15) is 14.7 Å². The van der Waals surface area contributed by atoms with Crippen LogP contribution in [0.25, 0.3) is 22.0 Å². The molecule has 0 unspecified atom stereocenters. The number of aromatic hydroxyl groups is 1.